The smallest absolute Gasteiger partial charge is 0.339 e. The third kappa shape index (κ3) is 4.13. The predicted molar refractivity (Wildman–Crippen MR) is 67.5 cm³/mol. The Morgan fingerprint density at radius 1 is 1.50 bits per heavy atom. The molecule has 0 aromatic carbocycles. The summed E-state index contributed by atoms with van der Waals surface area (Å²) < 4.78 is 24.5. The van der Waals surface area contributed by atoms with Crippen LogP contribution in [0.2, 0.25) is 5.15 Å². The number of pyridine rings is 1. The molecular weight excluding hydrogens is 282 g/mol. The van der Waals surface area contributed by atoms with Gasteiger partial charge in [-0.15, -0.1) is 0 Å². The van der Waals surface area contributed by atoms with E-state index in [0.717, 1.165) is 0 Å². The summed E-state index contributed by atoms with van der Waals surface area (Å²) in [4.78, 5) is 14.7. The van der Waals surface area contributed by atoms with Crippen molar-refractivity contribution in [3.63, 3.8) is 0 Å². The molecule has 1 aromatic rings. The molecule has 0 spiro atoms. The minimum atomic E-state index is -3.35. The molecule has 3 N–H and O–H groups in total. The van der Waals surface area contributed by atoms with E-state index in [2.05, 4.69) is 15.0 Å². The van der Waals surface area contributed by atoms with E-state index in [1.54, 1.807) is 0 Å². The number of anilines is 1. The fraction of sp³-hybridized carbons (Fsp3) is 0.333. The van der Waals surface area contributed by atoms with Gasteiger partial charge < -0.3 is 10.4 Å². The molecule has 100 valence electrons. The van der Waals surface area contributed by atoms with Crippen LogP contribution in [0.4, 0.5) is 5.82 Å². The second-order valence-corrected chi connectivity index (χ2v) is 5.72. The van der Waals surface area contributed by atoms with Crippen molar-refractivity contribution >= 4 is 33.4 Å². The number of aromatic carboxylic acids is 1. The van der Waals surface area contributed by atoms with Crippen LogP contribution < -0.4 is 10.0 Å². The zero-order valence-electron chi connectivity index (χ0n) is 9.47. The number of hydrogen-bond acceptors (Lipinski definition) is 5. The maximum Gasteiger partial charge on any atom is 0.339 e. The van der Waals surface area contributed by atoms with Gasteiger partial charge in [-0.05, 0) is 19.2 Å². The molecule has 0 saturated carbocycles. The molecule has 1 rings (SSSR count). The van der Waals surface area contributed by atoms with E-state index in [1.807, 2.05) is 0 Å². The highest BCUT2D eigenvalue weighted by molar-refractivity contribution is 7.89. The molecule has 18 heavy (non-hydrogen) atoms. The van der Waals surface area contributed by atoms with Crippen molar-refractivity contribution in [3.8, 4) is 0 Å². The Labute approximate surface area is 109 Å². The third-order valence-electron chi connectivity index (χ3n) is 2.07. The first kappa shape index (κ1) is 14.7. The van der Waals surface area contributed by atoms with E-state index >= 15 is 0 Å². The lowest BCUT2D eigenvalue weighted by atomic mass is 10.2. The average molecular weight is 294 g/mol. The van der Waals surface area contributed by atoms with Gasteiger partial charge in [-0.2, -0.15) is 0 Å². The van der Waals surface area contributed by atoms with Crippen LogP contribution in [0.15, 0.2) is 12.1 Å². The number of nitrogens with one attached hydrogen (secondary N) is 2. The molecule has 0 unspecified atom stereocenters. The largest absolute Gasteiger partial charge is 0.478 e. The minimum absolute atomic E-state index is 0.0246. The first-order chi connectivity index (χ1) is 8.35. The van der Waals surface area contributed by atoms with Crippen LogP contribution in [-0.2, 0) is 10.0 Å². The number of sulfonamides is 1. The third-order valence-corrected chi connectivity index (χ3v) is 3.64. The van der Waals surface area contributed by atoms with Crippen molar-refractivity contribution in [1.29, 1.82) is 0 Å². The van der Waals surface area contributed by atoms with Crippen molar-refractivity contribution < 1.29 is 18.3 Å². The van der Waals surface area contributed by atoms with Crippen LogP contribution in [0.25, 0.3) is 0 Å². The molecule has 0 amide bonds. The quantitative estimate of drug-likeness (QED) is 0.655. The number of rotatable bonds is 6. The van der Waals surface area contributed by atoms with Gasteiger partial charge in [0.15, 0.2) is 0 Å². The van der Waals surface area contributed by atoms with Crippen LogP contribution in [0.3, 0.4) is 0 Å². The molecule has 0 aliphatic heterocycles. The molecule has 0 bridgehead atoms. The van der Waals surface area contributed by atoms with Gasteiger partial charge in [0.05, 0.1) is 5.75 Å². The Balaban J connectivity index is 2.78. The number of halogens is 1. The van der Waals surface area contributed by atoms with E-state index in [-0.39, 0.29) is 28.8 Å². The molecule has 7 nitrogen and oxygen atoms in total. The zero-order chi connectivity index (χ0) is 13.8. The topological polar surface area (TPSA) is 108 Å². The molecule has 0 aliphatic rings. The van der Waals surface area contributed by atoms with Crippen LogP contribution in [0.1, 0.15) is 10.4 Å². The molecule has 0 fully saturated rings. The summed E-state index contributed by atoms with van der Waals surface area (Å²) in [6.45, 7) is 0.0246. The molecule has 1 aromatic heterocycles. The Hall–Kier alpha value is -1.38. The molecular formula is C9H12ClN3O4S. The van der Waals surface area contributed by atoms with Gasteiger partial charge in [0.2, 0.25) is 10.0 Å². The van der Waals surface area contributed by atoms with Crippen molar-refractivity contribution in [2.75, 3.05) is 24.7 Å². The highest BCUT2D eigenvalue weighted by Crippen LogP contribution is 2.16. The Morgan fingerprint density at radius 2 is 2.17 bits per heavy atom. The van der Waals surface area contributed by atoms with Crippen molar-refractivity contribution in [2.45, 2.75) is 0 Å². The number of hydrogen-bond donors (Lipinski definition) is 3. The van der Waals surface area contributed by atoms with Gasteiger partial charge in [0, 0.05) is 6.54 Å². The van der Waals surface area contributed by atoms with Gasteiger partial charge in [0.25, 0.3) is 0 Å². The van der Waals surface area contributed by atoms with Gasteiger partial charge in [-0.3, -0.25) is 0 Å². The highest BCUT2D eigenvalue weighted by atomic mass is 35.5. The predicted octanol–water partition coefficient (Wildman–Crippen LogP) is 0.394. The van der Waals surface area contributed by atoms with Gasteiger partial charge in [0.1, 0.15) is 16.5 Å². The lowest BCUT2D eigenvalue weighted by Gasteiger charge is -2.08. The van der Waals surface area contributed by atoms with E-state index in [9.17, 15) is 13.2 Å². The maximum atomic E-state index is 11.2. The summed E-state index contributed by atoms with van der Waals surface area (Å²) in [5.74, 6) is -1.32. The fourth-order valence-electron chi connectivity index (χ4n) is 1.15. The molecule has 0 radical (unpaired) electrons. The summed E-state index contributed by atoms with van der Waals surface area (Å²) in [5.41, 5.74) is -0.0683. The van der Waals surface area contributed by atoms with Gasteiger partial charge in [-0.1, -0.05) is 11.6 Å². The SMILES string of the molecule is CNS(=O)(=O)CCNc1nc(Cl)ccc1C(=O)O. The second-order valence-electron chi connectivity index (χ2n) is 3.29. The second kappa shape index (κ2) is 5.98. The number of carboxylic acids is 1. The molecule has 9 heteroatoms. The number of carbonyl (C=O) groups is 1. The normalized spacial score (nSPS) is 11.2. The van der Waals surface area contributed by atoms with Crippen molar-refractivity contribution in [2.24, 2.45) is 0 Å². The monoisotopic (exact) mass is 293 g/mol. The van der Waals surface area contributed by atoms with Crippen LogP contribution >= 0.6 is 11.6 Å². The lowest BCUT2D eigenvalue weighted by Crippen LogP contribution is -2.26. The van der Waals surface area contributed by atoms with Gasteiger partial charge >= 0.3 is 5.97 Å². The summed E-state index contributed by atoms with van der Waals surface area (Å²) in [5, 5.41) is 11.7. The van der Waals surface area contributed by atoms with Crippen LogP contribution in [0, 0.1) is 0 Å². The van der Waals surface area contributed by atoms with E-state index < -0.39 is 16.0 Å². The molecule has 0 saturated heterocycles. The van der Waals surface area contributed by atoms with Crippen LogP contribution in [-0.4, -0.2) is 43.8 Å². The van der Waals surface area contributed by atoms with Crippen molar-refractivity contribution in [1.82, 2.24) is 9.71 Å². The summed E-state index contributed by atoms with van der Waals surface area (Å²) in [7, 11) is -2.05. The number of carboxylic acid groups (broad SMARTS) is 1. The van der Waals surface area contributed by atoms with Crippen molar-refractivity contribution in [3.05, 3.63) is 22.8 Å². The number of nitrogens with zero attached hydrogens (tertiary/aromatic N) is 1. The van der Waals surface area contributed by atoms with E-state index in [0.29, 0.717) is 0 Å². The average Bonchev–Trinajstić information content (AvgIpc) is 2.28. The Morgan fingerprint density at radius 3 is 2.72 bits per heavy atom. The molecule has 0 atom stereocenters. The molecule has 0 aliphatic carbocycles. The van der Waals surface area contributed by atoms with E-state index in [4.69, 9.17) is 16.7 Å². The molecule has 1 heterocycles. The summed E-state index contributed by atoms with van der Waals surface area (Å²) in [6.07, 6.45) is 0. The first-order valence-corrected chi connectivity index (χ1v) is 6.93. The summed E-state index contributed by atoms with van der Waals surface area (Å²) in [6, 6.07) is 2.65. The number of aromatic nitrogens is 1. The Bertz CT molecular complexity index is 547. The van der Waals surface area contributed by atoms with Crippen LogP contribution in [0.5, 0.6) is 0 Å². The Kier molecular flexibility index (Phi) is 4.88. The highest BCUT2D eigenvalue weighted by Gasteiger charge is 2.13. The van der Waals surface area contributed by atoms with E-state index in [1.165, 1.54) is 19.2 Å². The lowest BCUT2D eigenvalue weighted by molar-refractivity contribution is 0.0697. The maximum absolute atomic E-state index is 11.2. The standard InChI is InChI=1S/C9H12ClN3O4S/c1-11-18(16,17)5-4-12-8-6(9(14)15)2-3-7(10)13-8/h2-3,11H,4-5H2,1H3,(H,12,13)(H,14,15). The minimum Gasteiger partial charge on any atom is -0.478 e. The fourth-order valence-corrected chi connectivity index (χ4v) is 1.87. The first-order valence-electron chi connectivity index (χ1n) is 4.90. The zero-order valence-corrected chi connectivity index (χ0v) is 11.0. The summed E-state index contributed by atoms with van der Waals surface area (Å²) >= 11 is 5.64. The van der Waals surface area contributed by atoms with Gasteiger partial charge in [-0.25, -0.2) is 22.9 Å².